The van der Waals surface area contributed by atoms with E-state index in [4.69, 9.17) is 35.2 Å². The average molecular weight is 1380 g/mol. The second-order valence-electron chi connectivity index (χ2n) is 26.4. The molecular weight excluding hydrogens is 1320 g/mol. The number of fused-ring (bicyclic) bond motifs is 6. The molecule has 0 unspecified atom stereocenters. The summed E-state index contributed by atoms with van der Waals surface area (Å²) < 4.78 is 0. The van der Waals surface area contributed by atoms with Crippen LogP contribution in [0.15, 0.2) is 340 Å². The third-order valence-corrected chi connectivity index (χ3v) is 20.2. The fourth-order valence-corrected chi connectivity index (χ4v) is 15.0. The SMILES string of the molecule is N#Cc1cnc(-c2ccc(-c3ccc4c5c(ccc(-c6ccc(-c7nc(-c8ccccc8)nc(-c8ccccc8)n7)cc6)c35)-c3ccccc3-4)cc2)cn1.N#Cc1nccnc1-c1ccc(-c2ccc3c4c(ccc(-c5ccc(-c6nc(-c7ccccc7)nc(-c7ccccc7)n6)cc5)c24)-c2ccccc2-3)cc1. The van der Waals surface area contributed by atoms with Crippen molar-refractivity contribution in [3.05, 3.63) is 352 Å². The molecule has 4 heterocycles. The summed E-state index contributed by atoms with van der Waals surface area (Å²) in [5.41, 5.74) is 28.2. The first-order valence-corrected chi connectivity index (χ1v) is 35.4. The molecule has 14 aromatic carbocycles. The van der Waals surface area contributed by atoms with Gasteiger partial charge in [-0.05, 0) is 111 Å². The van der Waals surface area contributed by atoms with Gasteiger partial charge in [0.05, 0.1) is 18.1 Å². The van der Waals surface area contributed by atoms with Crippen molar-refractivity contribution in [2.75, 3.05) is 0 Å². The molecule has 108 heavy (non-hydrogen) atoms. The van der Waals surface area contributed by atoms with E-state index in [9.17, 15) is 5.26 Å². The lowest BCUT2D eigenvalue weighted by atomic mass is 9.88. The van der Waals surface area contributed by atoms with Crippen LogP contribution in [0.5, 0.6) is 0 Å². The van der Waals surface area contributed by atoms with Gasteiger partial charge in [0, 0.05) is 56.9 Å². The van der Waals surface area contributed by atoms with E-state index < -0.39 is 0 Å². The van der Waals surface area contributed by atoms with E-state index in [1.54, 1.807) is 18.6 Å². The molecule has 0 saturated heterocycles. The lowest BCUT2D eigenvalue weighted by Gasteiger charge is -2.16. The summed E-state index contributed by atoms with van der Waals surface area (Å²) in [6.07, 6.45) is 6.32. The zero-order valence-electron chi connectivity index (χ0n) is 57.7. The summed E-state index contributed by atoms with van der Waals surface area (Å²) in [4.78, 5) is 46.9. The van der Waals surface area contributed by atoms with Crippen LogP contribution in [0.3, 0.4) is 0 Å². The number of rotatable bonds is 12. The maximum Gasteiger partial charge on any atom is 0.166 e. The van der Waals surface area contributed by atoms with Crippen LogP contribution in [-0.2, 0) is 0 Å². The zero-order chi connectivity index (χ0) is 72.0. The quantitative estimate of drug-likeness (QED) is 0.113. The van der Waals surface area contributed by atoms with Gasteiger partial charge in [-0.2, -0.15) is 10.5 Å². The van der Waals surface area contributed by atoms with E-state index in [-0.39, 0.29) is 0 Å². The highest BCUT2D eigenvalue weighted by Crippen LogP contribution is 2.54. The Bertz CT molecular complexity index is 6450. The Kier molecular flexibility index (Phi) is 16.0. The molecule has 0 N–H and O–H groups in total. The Morgan fingerprint density at radius 3 is 0.769 bits per heavy atom. The molecule has 0 bridgehead atoms. The highest BCUT2D eigenvalue weighted by molar-refractivity contribution is 6.24. The number of aromatic nitrogens is 10. The molecule has 0 saturated carbocycles. The molecule has 0 aliphatic heterocycles. The van der Waals surface area contributed by atoms with Crippen molar-refractivity contribution in [1.29, 1.82) is 10.5 Å². The van der Waals surface area contributed by atoms with Crippen molar-refractivity contribution in [2.24, 2.45) is 0 Å². The molecule has 500 valence electrons. The predicted octanol–water partition coefficient (Wildman–Crippen LogP) is 22.7. The van der Waals surface area contributed by atoms with E-state index >= 15 is 0 Å². The van der Waals surface area contributed by atoms with Gasteiger partial charge in [-0.25, -0.2) is 39.9 Å². The Morgan fingerprint density at radius 1 is 0.194 bits per heavy atom. The second-order valence-corrected chi connectivity index (χ2v) is 26.4. The topological polar surface area (TPSA) is 176 Å². The highest BCUT2D eigenvalue weighted by Gasteiger charge is 2.28. The first kappa shape index (κ1) is 63.7. The monoisotopic (exact) mass is 1380 g/mol. The van der Waals surface area contributed by atoms with Gasteiger partial charge in [0.1, 0.15) is 17.8 Å². The number of nitriles is 2. The van der Waals surface area contributed by atoms with Crippen LogP contribution < -0.4 is 0 Å². The molecule has 20 rings (SSSR count). The molecule has 4 aromatic heterocycles. The summed E-state index contributed by atoms with van der Waals surface area (Å²) in [6.45, 7) is 0. The van der Waals surface area contributed by atoms with Gasteiger partial charge in [0.25, 0.3) is 0 Å². The van der Waals surface area contributed by atoms with Gasteiger partial charge in [0.2, 0.25) is 0 Å². The van der Waals surface area contributed by atoms with Crippen molar-refractivity contribution < 1.29 is 0 Å². The molecular formula is C96H56N12. The number of hydrogen-bond acceptors (Lipinski definition) is 12. The molecule has 0 atom stereocenters. The van der Waals surface area contributed by atoms with Crippen molar-refractivity contribution in [3.63, 3.8) is 0 Å². The molecule has 2 aliphatic carbocycles. The summed E-state index contributed by atoms with van der Waals surface area (Å²) in [5.74, 6) is 3.78. The van der Waals surface area contributed by atoms with Crippen molar-refractivity contribution >= 4 is 21.5 Å². The van der Waals surface area contributed by atoms with Crippen LogP contribution in [0, 0.1) is 22.7 Å². The number of hydrogen-bond donors (Lipinski definition) is 0. The van der Waals surface area contributed by atoms with Crippen molar-refractivity contribution in [3.8, 4) is 192 Å². The third-order valence-electron chi connectivity index (χ3n) is 20.2. The fourth-order valence-electron chi connectivity index (χ4n) is 15.0. The van der Waals surface area contributed by atoms with Gasteiger partial charge in [-0.3, -0.25) is 9.97 Å². The van der Waals surface area contributed by atoms with Crippen molar-refractivity contribution in [2.45, 2.75) is 0 Å². The minimum Gasteiger partial charge on any atom is -0.252 e. The maximum atomic E-state index is 9.64. The van der Waals surface area contributed by atoms with Crippen LogP contribution in [0.2, 0.25) is 0 Å². The molecule has 0 fully saturated rings. The minimum atomic E-state index is 0.298. The smallest absolute Gasteiger partial charge is 0.166 e. The maximum absolute atomic E-state index is 9.64. The highest BCUT2D eigenvalue weighted by atomic mass is 15.0. The predicted molar refractivity (Wildman–Crippen MR) is 429 cm³/mol. The minimum absolute atomic E-state index is 0.298. The van der Waals surface area contributed by atoms with E-state index in [0.29, 0.717) is 52.0 Å². The summed E-state index contributed by atoms with van der Waals surface area (Å²) in [5, 5.41) is 23.7. The van der Waals surface area contributed by atoms with E-state index in [1.165, 1.54) is 72.2 Å². The molecule has 12 nitrogen and oxygen atoms in total. The first-order chi connectivity index (χ1) is 53.4. The Balaban J connectivity index is 0.000000147. The average Bonchev–Trinajstić information content (AvgIpc) is 1.56. The lowest BCUT2D eigenvalue weighted by Crippen LogP contribution is -2.00. The van der Waals surface area contributed by atoms with Gasteiger partial charge < -0.3 is 0 Å². The second kappa shape index (κ2) is 27.2. The molecule has 2 aliphatic rings. The van der Waals surface area contributed by atoms with Gasteiger partial charge in [0.15, 0.2) is 46.3 Å². The van der Waals surface area contributed by atoms with Gasteiger partial charge >= 0.3 is 0 Å². The fraction of sp³-hybridized carbons (Fsp3) is 0. The van der Waals surface area contributed by atoms with Crippen LogP contribution >= 0.6 is 0 Å². The van der Waals surface area contributed by atoms with Gasteiger partial charge in [-0.1, -0.05) is 315 Å². The Morgan fingerprint density at radius 2 is 0.463 bits per heavy atom. The standard InChI is InChI=1S/2C48H28N6/c49-27-36-28-51-43(29-50-36)32-19-15-30(16-20-32)37-23-25-41-39-13-7-8-14-40(39)42-26-24-38(44(37)45(41)42)31-17-21-35(22-18-31)48-53-46(33-9-3-1-4-10-33)52-47(54-48)34-11-5-2-6-12-34;49-29-42-45(51-28-27-50-42)32-19-15-30(16-20-32)36-23-25-40-38-13-7-8-14-39(38)41-26-24-37(43(36)44(40)41)31-17-21-35(22-18-31)48-53-46(33-9-3-1-4-10-33)52-47(54-48)34-11-5-2-6-12-34/h1-26,28-29H;1-28H. The Hall–Kier alpha value is -15.2. The van der Waals surface area contributed by atoms with E-state index in [2.05, 4.69) is 208 Å². The number of nitrogens with zero attached hydrogens (tertiary/aromatic N) is 12. The van der Waals surface area contributed by atoms with Crippen LogP contribution in [0.4, 0.5) is 0 Å². The lowest BCUT2D eigenvalue weighted by molar-refractivity contribution is 1.07. The van der Waals surface area contributed by atoms with Crippen LogP contribution in [0.25, 0.3) is 201 Å². The van der Waals surface area contributed by atoms with Crippen molar-refractivity contribution in [1.82, 2.24) is 49.8 Å². The summed E-state index contributed by atoms with van der Waals surface area (Å²) in [6, 6.07) is 113. The van der Waals surface area contributed by atoms with Crippen LogP contribution in [0.1, 0.15) is 11.4 Å². The van der Waals surface area contributed by atoms with E-state index in [0.717, 1.165) is 94.7 Å². The molecule has 18 aromatic rings. The summed E-state index contributed by atoms with van der Waals surface area (Å²) >= 11 is 0. The summed E-state index contributed by atoms with van der Waals surface area (Å²) in [7, 11) is 0. The molecule has 12 heteroatoms. The third kappa shape index (κ3) is 11.5. The molecule has 0 amide bonds. The molecule has 0 spiro atoms. The van der Waals surface area contributed by atoms with Crippen LogP contribution in [-0.4, -0.2) is 49.8 Å². The molecule has 0 radical (unpaired) electrons. The first-order valence-electron chi connectivity index (χ1n) is 35.4. The largest absolute Gasteiger partial charge is 0.252 e. The van der Waals surface area contributed by atoms with E-state index in [1.807, 2.05) is 140 Å². The number of benzene rings is 14. The normalized spacial score (nSPS) is 11.3. The van der Waals surface area contributed by atoms with Gasteiger partial charge in [-0.15, -0.1) is 0 Å². The Labute approximate surface area is 621 Å². The zero-order valence-corrected chi connectivity index (χ0v) is 57.7.